The Morgan fingerprint density at radius 1 is 1.20 bits per heavy atom. The van der Waals surface area contributed by atoms with E-state index in [4.69, 9.17) is 0 Å². The van der Waals surface area contributed by atoms with Crippen molar-refractivity contribution in [2.75, 3.05) is 5.32 Å². The predicted molar refractivity (Wildman–Crippen MR) is 87.8 cm³/mol. The van der Waals surface area contributed by atoms with E-state index >= 15 is 0 Å². The maximum Gasteiger partial charge on any atom is 0.332 e. The van der Waals surface area contributed by atoms with Gasteiger partial charge in [0, 0.05) is 25.3 Å². The van der Waals surface area contributed by atoms with E-state index in [0.717, 1.165) is 8.95 Å². The molecule has 1 aromatic carbocycles. The number of rotatable bonds is 4. The molecule has 0 spiro atoms. The van der Waals surface area contributed by atoms with Crippen molar-refractivity contribution in [1.29, 1.82) is 0 Å². The summed E-state index contributed by atoms with van der Waals surface area (Å²) < 4.78 is 2.27. The Kier molecular flexibility index (Phi) is 5.17. The number of benzene rings is 1. The SMILES string of the molecule is O=C(O)C(Nc1cccc(Br)c1)c1ncc(Br)cc1Br. The van der Waals surface area contributed by atoms with E-state index in [-0.39, 0.29) is 0 Å². The molecule has 1 aromatic heterocycles. The molecule has 2 rings (SSSR count). The maximum absolute atomic E-state index is 11.5. The normalized spacial score (nSPS) is 11.9. The Morgan fingerprint density at radius 2 is 1.95 bits per heavy atom. The molecule has 0 bridgehead atoms. The van der Waals surface area contributed by atoms with Crippen LogP contribution in [0.3, 0.4) is 0 Å². The van der Waals surface area contributed by atoms with E-state index < -0.39 is 12.0 Å². The Hall–Kier alpha value is -0.920. The molecule has 0 saturated carbocycles. The van der Waals surface area contributed by atoms with Crippen molar-refractivity contribution >= 4 is 59.4 Å². The number of pyridine rings is 1. The Labute approximate surface area is 141 Å². The predicted octanol–water partition coefficient (Wildman–Crippen LogP) is 4.61. The molecular weight excluding hydrogens is 456 g/mol. The average Bonchev–Trinajstić information content (AvgIpc) is 2.36. The second-order valence-electron chi connectivity index (χ2n) is 3.95. The van der Waals surface area contributed by atoms with Crippen LogP contribution in [0, 0.1) is 0 Å². The number of carboxylic acids is 1. The lowest BCUT2D eigenvalue weighted by Gasteiger charge is -2.17. The smallest absolute Gasteiger partial charge is 0.332 e. The first-order valence-corrected chi connectivity index (χ1v) is 7.91. The second-order valence-corrected chi connectivity index (χ2v) is 6.63. The van der Waals surface area contributed by atoms with Gasteiger partial charge in [0.25, 0.3) is 0 Å². The highest BCUT2D eigenvalue weighted by molar-refractivity contribution is 9.11. The van der Waals surface area contributed by atoms with Gasteiger partial charge in [0.05, 0.1) is 5.69 Å². The zero-order valence-electron chi connectivity index (χ0n) is 9.98. The van der Waals surface area contributed by atoms with E-state index in [9.17, 15) is 9.90 Å². The topological polar surface area (TPSA) is 62.2 Å². The summed E-state index contributed by atoms with van der Waals surface area (Å²) in [6.07, 6.45) is 1.57. The quantitative estimate of drug-likeness (QED) is 0.693. The summed E-state index contributed by atoms with van der Waals surface area (Å²) in [6, 6.07) is 8.13. The van der Waals surface area contributed by atoms with Gasteiger partial charge in [-0.25, -0.2) is 4.79 Å². The molecule has 2 N–H and O–H groups in total. The van der Waals surface area contributed by atoms with Crippen molar-refractivity contribution in [3.8, 4) is 0 Å². The molecule has 7 heteroatoms. The number of anilines is 1. The van der Waals surface area contributed by atoms with E-state index in [1.165, 1.54) is 0 Å². The van der Waals surface area contributed by atoms with Gasteiger partial charge < -0.3 is 10.4 Å². The van der Waals surface area contributed by atoms with Crippen LogP contribution in [-0.2, 0) is 4.79 Å². The first-order chi connectivity index (χ1) is 9.47. The summed E-state index contributed by atoms with van der Waals surface area (Å²) in [4.78, 5) is 15.6. The van der Waals surface area contributed by atoms with E-state index in [1.54, 1.807) is 18.3 Å². The van der Waals surface area contributed by atoms with Crippen LogP contribution in [0.5, 0.6) is 0 Å². The van der Waals surface area contributed by atoms with Crippen molar-refractivity contribution in [2.24, 2.45) is 0 Å². The molecule has 0 amide bonds. The van der Waals surface area contributed by atoms with E-state index in [2.05, 4.69) is 58.1 Å². The van der Waals surface area contributed by atoms with E-state index in [1.807, 2.05) is 18.2 Å². The molecule has 104 valence electrons. The highest BCUT2D eigenvalue weighted by Gasteiger charge is 2.23. The molecular formula is C13H9Br3N2O2. The van der Waals surface area contributed by atoms with Crippen LogP contribution < -0.4 is 5.32 Å². The van der Waals surface area contributed by atoms with Crippen LogP contribution in [0.4, 0.5) is 5.69 Å². The van der Waals surface area contributed by atoms with Gasteiger partial charge in [-0.15, -0.1) is 0 Å². The largest absolute Gasteiger partial charge is 0.479 e. The van der Waals surface area contributed by atoms with Crippen LogP contribution in [-0.4, -0.2) is 16.1 Å². The van der Waals surface area contributed by atoms with Crippen molar-refractivity contribution in [3.63, 3.8) is 0 Å². The summed E-state index contributed by atoms with van der Waals surface area (Å²) in [5.41, 5.74) is 1.11. The summed E-state index contributed by atoms with van der Waals surface area (Å²) >= 11 is 9.98. The van der Waals surface area contributed by atoms with Gasteiger partial charge in [-0.2, -0.15) is 0 Å². The Morgan fingerprint density at radius 3 is 2.55 bits per heavy atom. The molecule has 1 atom stereocenters. The Balaban J connectivity index is 2.34. The monoisotopic (exact) mass is 462 g/mol. The van der Waals surface area contributed by atoms with Gasteiger partial charge in [-0.1, -0.05) is 22.0 Å². The third-order valence-corrected chi connectivity index (χ3v) is 4.05. The lowest BCUT2D eigenvalue weighted by Crippen LogP contribution is -2.22. The first kappa shape index (κ1) is 15.5. The fourth-order valence-corrected chi connectivity index (χ4v) is 3.25. The number of nitrogens with one attached hydrogen (secondary N) is 1. The third-order valence-electron chi connectivity index (χ3n) is 2.49. The minimum atomic E-state index is -1.000. The fourth-order valence-electron chi connectivity index (χ4n) is 1.63. The summed E-state index contributed by atoms with van der Waals surface area (Å²) in [7, 11) is 0. The number of hydrogen-bond donors (Lipinski definition) is 2. The highest BCUT2D eigenvalue weighted by atomic mass is 79.9. The number of aromatic nitrogens is 1. The van der Waals surface area contributed by atoms with Crippen LogP contribution in [0.2, 0.25) is 0 Å². The lowest BCUT2D eigenvalue weighted by molar-refractivity contribution is -0.138. The zero-order chi connectivity index (χ0) is 14.7. The third kappa shape index (κ3) is 3.80. The molecule has 4 nitrogen and oxygen atoms in total. The lowest BCUT2D eigenvalue weighted by atomic mass is 10.1. The van der Waals surface area contributed by atoms with Crippen LogP contribution in [0.25, 0.3) is 0 Å². The Bertz CT molecular complexity index is 649. The molecule has 1 heterocycles. The van der Waals surface area contributed by atoms with Crippen LogP contribution in [0.1, 0.15) is 11.7 Å². The van der Waals surface area contributed by atoms with Crippen molar-refractivity contribution in [3.05, 3.63) is 55.6 Å². The minimum absolute atomic E-state index is 0.417. The number of aliphatic carboxylic acids is 1. The number of hydrogen-bond acceptors (Lipinski definition) is 3. The summed E-state index contributed by atoms with van der Waals surface area (Å²) in [5, 5.41) is 12.4. The minimum Gasteiger partial charge on any atom is -0.479 e. The number of halogens is 3. The van der Waals surface area contributed by atoms with Crippen molar-refractivity contribution < 1.29 is 9.90 Å². The molecule has 2 aromatic rings. The van der Waals surface area contributed by atoms with Gasteiger partial charge in [0.15, 0.2) is 6.04 Å². The first-order valence-electron chi connectivity index (χ1n) is 5.53. The maximum atomic E-state index is 11.5. The number of carbonyl (C=O) groups is 1. The molecule has 0 saturated heterocycles. The van der Waals surface area contributed by atoms with Gasteiger partial charge >= 0.3 is 5.97 Å². The molecule has 1 unspecified atom stereocenters. The molecule has 20 heavy (non-hydrogen) atoms. The molecule has 0 radical (unpaired) electrons. The van der Waals surface area contributed by atoms with E-state index in [0.29, 0.717) is 15.9 Å². The standard InChI is InChI=1S/C13H9Br3N2O2/c14-7-2-1-3-9(4-7)18-12(13(19)20)11-10(16)5-8(15)6-17-11/h1-6,12,18H,(H,19,20). The second kappa shape index (κ2) is 6.69. The molecule has 0 aliphatic rings. The van der Waals surface area contributed by atoms with Crippen LogP contribution in [0.15, 0.2) is 49.9 Å². The number of nitrogens with zero attached hydrogens (tertiary/aromatic N) is 1. The summed E-state index contributed by atoms with van der Waals surface area (Å²) in [6.45, 7) is 0. The fraction of sp³-hybridized carbons (Fsp3) is 0.0769. The molecule has 0 fully saturated rings. The molecule has 0 aliphatic heterocycles. The highest BCUT2D eigenvalue weighted by Crippen LogP contribution is 2.28. The van der Waals surface area contributed by atoms with Gasteiger partial charge in [0.2, 0.25) is 0 Å². The van der Waals surface area contributed by atoms with Crippen LogP contribution >= 0.6 is 47.8 Å². The van der Waals surface area contributed by atoms with Gasteiger partial charge in [0.1, 0.15) is 0 Å². The van der Waals surface area contributed by atoms with Gasteiger partial charge in [-0.05, 0) is 56.1 Å². The molecule has 0 aliphatic carbocycles. The summed E-state index contributed by atoms with van der Waals surface area (Å²) in [5.74, 6) is -1.000. The van der Waals surface area contributed by atoms with Gasteiger partial charge in [-0.3, -0.25) is 4.98 Å². The van der Waals surface area contributed by atoms with Crippen molar-refractivity contribution in [1.82, 2.24) is 4.98 Å². The zero-order valence-corrected chi connectivity index (χ0v) is 14.7. The number of carboxylic acid groups (broad SMARTS) is 1. The van der Waals surface area contributed by atoms with Crippen molar-refractivity contribution in [2.45, 2.75) is 6.04 Å². The average molecular weight is 465 g/mol.